The minimum Gasteiger partial charge on any atom is -0.269 e. The van der Waals surface area contributed by atoms with E-state index in [1.807, 2.05) is 55.8 Å². The molecule has 0 atom stereocenters. The summed E-state index contributed by atoms with van der Waals surface area (Å²) in [5.74, 6) is 0.695. The molecule has 3 heterocycles. The topological polar surface area (TPSA) is 69.4 Å². The van der Waals surface area contributed by atoms with Gasteiger partial charge in [0.15, 0.2) is 5.82 Å². The van der Waals surface area contributed by atoms with Gasteiger partial charge in [-0.25, -0.2) is 9.97 Å². The molecule has 1 aliphatic carbocycles. The molecule has 0 N–H and O–H groups in total. The molecule has 0 amide bonds. The molecular weight excluding hydrogens is 372 g/mol. The van der Waals surface area contributed by atoms with Gasteiger partial charge in [-0.15, -0.1) is 0 Å². The van der Waals surface area contributed by atoms with E-state index in [1.165, 1.54) is 32.1 Å². The number of benzene rings is 1. The predicted octanol–water partition coefficient (Wildman–Crippen LogP) is 5.28. The van der Waals surface area contributed by atoms with E-state index in [4.69, 9.17) is 0 Å². The van der Waals surface area contributed by atoms with Crippen LogP contribution in [-0.2, 0) is 0 Å². The molecular formula is C24H24N6. The van der Waals surface area contributed by atoms with Gasteiger partial charge in [0.1, 0.15) is 0 Å². The van der Waals surface area contributed by atoms with Gasteiger partial charge in [-0.1, -0.05) is 37.5 Å². The third-order valence-corrected chi connectivity index (χ3v) is 5.75. The molecule has 1 aliphatic rings. The molecule has 0 bridgehead atoms. The van der Waals surface area contributed by atoms with Gasteiger partial charge < -0.3 is 0 Å². The largest absolute Gasteiger partial charge is 0.269 e. The SMILES string of the molecule is Cc1ccc(-c2cccc(-c3ncc(-c4cnn(C5CCCCC5)c4)cn3)c2)nn1. The van der Waals surface area contributed by atoms with E-state index in [2.05, 4.69) is 42.2 Å². The van der Waals surface area contributed by atoms with Gasteiger partial charge in [-0.05, 0) is 38.0 Å². The van der Waals surface area contributed by atoms with Gasteiger partial charge in [0, 0.05) is 40.8 Å². The van der Waals surface area contributed by atoms with E-state index < -0.39 is 0 Å². The van der Waals surface area contributed by atoms with Crippen LogP contribution in [-0.4, -0.2) is 29.9 Å². The van der Waals surface area contributed by atoms with E-state index >= 15 is 0 Å². The number of aromatic nitrogens is 6. The molecule has 0 radical (unpaired) electrons. The summed E-state index contributed by atoms with van der Waals surface area (Å²) in [5, 5.41) is 13.0. The first-order valence-corrected chi connectivity index (χ1v) is 10.5. The van der Waals surface area contributed by atoms with E-state index in [0.29, 0.717) is 11.9 Å². The predicted molar refractivity (Wildman–Crippen MR) is 117 cm³/mol. The zero-order valence-electron chi connectivity index (χ0n) is 17.1. The normalized spacial score (nSPS) is 14.7. The second-order valence-electron chi connectivity index (χ2n) is 7.94. The van der Waals surface area contributed by atoms with Crippen molar-refractivity contribution in [1.82, 2.24) is 29.9 Å². The van der Waals surface area contributed by atoms with Crippen molar-refractivity contribution in [2.75, 3.05) is 0 Å². The molecule has 0 aliphatic heterocycles. The maximum Gasteiger partial charge on any atom is 0.159 e. The highest BCUT2D eigenvalue weighted by Gasteiger charge is 2.16. The van der Waals surface area contributed by atoms with E-state index in [1.54, 1.807) is 0 Å². The van der Waals surface area contributed by atoms with Crippen LogP contribution in [0.25, 0.3) is 33.8 Å². The highest BCUT2D eigenvalue weighted by Crippen LogP contribution is 2.29. The monoisotopic (exact) mass is 396 g/mol. The van der Waals surface area contributed by atoms with Gasteiger partial charge >= 0.3 is 0 Å². The van der Waals surface area contributed by atoms with Crippen LogP contribution in [0.1, 0.15) is 43.8 Å². The Balaban J connectivity index is 1.37. The molecule has 3 aromatic heterocycles. The summed E-state index contributed by atoms with van der Waals surface area (Å²) < 4.78 is 2.12. The first-order valence-electron chi connectivity index (χ1n) is 10.5. The maximum absolute atomic E-state index is 4.61. The van der Waals surface area contributed by atoms with Crippen LogP contribution in [0.4, 0.5) is 0 Å². The number of rotatable bonds is 4. The molecule has 30 heavy (non-hydrogen) atoms. The summed E-state index contributed by atoms with van der Waals surface area (Å²) in [4.78, 5) is 9.22. The molecule has 1 aromatic carbocycles. The van der Waals surface area contributed by atoms with Crippen LogP contribution in [0.2, 0.25) is 0 Å². The van der Waals surface area contributed by atoms with Crippen molar-refractivity contribution in [3.63, 3.8) is 0 Å². The van der Waals surface area contributed by atoms with E-state index in [0.717, 1.165) is 33.6 Å². The Kier molecular flexibility index (Phi) is 5.05. The van der Waals surface area contributed by atoms with Crippen LogP contribution in [0.15, 0.2) is 61.2 Å². The van der Waals surface area contributed by atoms with Crippen molar-refractivity contribution < 1.29 is 0 Å². The highest BCUT2D eigenvalue weighted by molar-refractivity contribution is 5.68. The molecule has 1 saturated carbocycles. The standard InChI is InChI=1S/C24H24N6/c1-17-10-11-23(29-28-17)18-6-5-7-19(12-18)24-25-13-20(14-26-24)21-15-27-30(16-21)22-8-3-2-4-9-22/h5-7,10-16,22H,2-4,8-9H2,1H3. The van der Waals surface area contributed by atoms with Crippen molar-refractivity contribution in [3.05, 3.63) is 66.9 Å². The zero-order chi connectivity index (χ0) is 20.3. The van der Waals surface area contributed by atoms with E-state index in [9.17, 15) is 0 Å². The summed E-state index contributed by atoms with van der Waals surface area (Å²) in [6, 6.07) is 12.6. The fraction of sp³-hybridized carbons (Fsp3) is 0.292. The summed E-state index contributed by atoms with van der Waals surface area (Å²) in [6.07, 6.45) is 14.2. The Morgan fingerprint density at radius 3 is 2.37 bits per heavy atom. The molecule has 5 rings (SSSR count). The van der Waals surface area contributed by atoms with Gasteiger partial charge in [0.2, 0.25) is 0 Å². The van der Waals surface area contributed by atoms with Crippen molar-refractivity contribution >= 4 is 0 Å². The fourth-order valence-electron chi connectivity index (χ4n) is 4.03. The number of nitrogens with zero attached hydrogens (tertiary/aromatic N) is 6. The second-order valence-corrected chi connectivity index (χ2v) is 7.94. The second kappa shape index (κ2) is 8.14. The van der Waals surface area contributed by atoms with Gasteiger partial charge in [0.25, 0.3) is 0 Å². The van der Waals surface area contributed by atoms with Crippen molar-refractivity contribution in [2.45, 2.75) is 45.1 Å². The van der Waals surface area contributed by atoms with Crippen LogP contribution in [0, 0.1) is 6.92 Å². The van der Waals surface area contributed by atoms with Crippen LogP contribution in [0.3, 0.4) is 0 Å². The first-order chi connectivity index (χ1) is 14.8. The lowest BCUT2D eigenvalue weighted by Gasteiger charge is -2.21. The quantitative estimate of drug-likeness (QED) is 0.469. The van der Waals surface area contributed by atoms with Crippen LogP contribution < -0.4 is 0 Å². The number of aryl methyl sites for hydroxylation is 1. The Hall–Kier alpha value is -3.41. The lowest BCUT2D eigenvalue weighted by molar-refractivity contribution is 0.329. The third-order valence-electron chi connectivity index (χ3n) is 5.75. The molecule has 150 valence electrons. The number of hydrogen-bond acceptors (Lipinski definition) is 5. The summed E-state index contributed by atoms with van der Waals surface area (Å²) in [7, 11) is 0. The molecule has 6 nitrogen and oxygen atoms in total. The minimum atomic E-state index is 0.528. The Morgan fingerprint density at radius 1 is 0.800 bits per heavy atom. The average Bonchev–Trinajstić information content (AvgIpc) is 3.31. The lowest BCUT2D eigenvalue weighted by Crippen LogP contribution is -2.12. The molecule has 0 spiro atoms. The van der Waals surface area contributed by atoms with Crippen molar-refractivity contribution in [2.24, 2.45) is 0 Å². The average molecular weight is 396 g/mol. The Morgan fingerprint density at radius 2 is 1.60 bits per heavy atom. The third kappa shape index (κ3) is 3.85. The van der Waals surface area contributed by atoms with Gasteiger partial charge in [-0.3, -0.25) is 4.68 Å². The minimum absolute atomic E-state index is 0.528. The maximum atomic E-state index is 4.61. The molecule has 6 heteroatoms. The lowest BCUT2D eigenvalue weighted by atomic mass is 9.96. The molecule has 0 saturated heterocycles. The smallest absolute Gasteiger partial charge is 0.159 e. The molecule has 0 unspecified atom stereocenters. The molecule has 4 aromatic rings. The fourth-order valence-corrected chi connectivity index (χ4v) is 4.03. The summed E-state index contributed by atoms with van der Waals surface area (Å²) >= 11 is 0. The Bertz CT molecular complexity index is 1130. The van der Waals surface area contributed by atoms with Crippen LogP contribution in [0.5, 0.6) is 0 Å². The van der Waals surface area contributed by atoms with Crippen molar-refractivity contribution in [3.8, 4) is 33.8 Å². The summed E-state index contributed by atoms with van der Waals surface area (Å²) in [5.41, 5.74) is 5.76. The Labute approximate surface area is 176 Å². The van der Waals surface area contributed by atoms with Gasteiger partial charge in [0.05, 0.1) is 23.6 Å². The van der Waals surface area contributed by atoms with Crippen molar-refractivity contribution in [1.29, 1.82) is 0 Å². The van der Waals surface area contributed by atoms with Gasteiger partial charge in [-0.2, -0.15) is 15.3 Å². The summed E-state index contributed by atoms with van der Waals surface area (Å²) in [6.45, 7) is 1.93. The molecule has 1 fully saturated rings. The van der Waals surface area contributed by atoms with Crippen LogP contribution >= 0.6 is 0 Å². The number of hydrogen-bond donors (Lipinski definition) is 0. The zero-order valence-corrected chi connectivity index (χ0v) is 17.1. The highest BCUT2D eigenvalue weighted by atomic mass is 15.3. The van der Waals surface area contributed by atoms with E-state index in [-0.39, 0.29) is 0 Å². The first kappa shape index (κ1) is 18.6.